The van der Waals surface area contributed by atoms with Gasteiger partial charge in [0.15, 0.2) is 0 Å². The van der Waals surface area contributed by atoms with Gasteiger partial charge in [0.1, 0.15) is 5.69 Å². The molecular weight excluding hydrogens is 346 g/mol. The number of nitrogens with two attached hydrogens (primary N) is 1. The fraction of sp³-hybridized carbons (Fsp3) is 0.312. The monoisotopic (exact) mass is 363 g/mol. The quantitative estimate of drug-likeness (QED) is 0.910. The van der Waals surface area contributed by atoms with Crippen LogP contribution in [0, 0.1) is 0 Å². The number of halogens is 1. The third-order valence-corrected chi connectivity index (χ3v) is 4.40. The fourth-order valence-corrected chi connectivity index (χ4v) is 3.12. The highest BCUT2D eigenvalue weighted by Crippen LogP contribution is 2.36. The van der Waals surface area contributed by atoms with Gasteiger partial charge in [0.25, 0.3) is 5.91 Å². The molecule has 6 heteroatoms. The number of nitrogens with zero attached hydrogens (tertiary/aromatic N) is 2. The standard InChI is InChI=1S/C16H18BrN3O2/c1-19-10-13(11-2-4-12(17)5-3-11)14(15(19)16(18)21)20-6-8-22-9-7-20/h2-5,10H,6-9H2,1H3,(H2,18,21). The van der Waals surface area contributed by atoms with Crippen LogP contribution in [0.1, 0.15) is 10.5 Å². The Balaban J connectivity index is 2.14. The van der Waals surface area contributed by atoms with Gasteiger partial charge in [-0.1, -0.05) is 28.1 Å². The second-order valence-electron chi connectivity index (χ2n) is 5.32. The van der Waals surface area contributed by atoms with E-state index in [4.69, 9.17) is 10.5 Å². The van der Waals surface area contributed by atoms with Crippen molar-refractivity contribution in [3.63, 3.8) is 0 Å². The number of primary amides is 1. The van der Waals surface area contributed by atoms with Gasteiger partial charge < -0.3 is 19.9 Å². The van der Waals surface area contributed by atoms with Crippen LogP contribution in [-0.4, -0.2) is 36.8 Å². The number of aromatic nitrogens is 1. The fourth-order valence-electron chi connectivity index (χ4n) is 2.85. The highest BCUT2D eigenvalue weighted by atomic mass is 79.9. The Hall–Kier alpha value is -1.79. The molecule has 0 radical (unpaired) electrons. The van der Waals surface area contributed by atoms with E-state index < -0.39 is 5.91 Å². The van der Waals surface area contributed by atoms with Gasteiger partial charge in [-0.3, -0.25) is 4.79 Å². The van der Waals surface area contributed by atoms with E-state index in [-0.39, 0.29) is 0 Å². The predicted molar refractivity (Wildman–Crippen MR) is 90.1 cm³/mol. The van der Waals surface area contributed by atoms with Crippen LogP contribution in [0.2, 0.25) is 0 Å². The minimum Gasteiger partial charge on any atom is -0.378 e. The third-order valence-electron chi connectivity index (χ3n) is 3.87. The van der Waals surface area contributed by atoms with Gasteiger partial charge in [-0.05, 0) is 17.7 Å². The Morgan fingerprint density at radius 2 is 1.86 bits per heavy atom. The first-order valence-electron chi connectivity index (χ1n) is 7.15. The second kappa shape index (κ2) is 6.14. The number of carbonyl (C=O) groups excluding carboxylic acids is 1. The lowest BCUT2D eigenvalue weighted by Gasteiger charge is -2.30. The number of hydrogen-bond acceptors (Lipinski definition) is 3. The smallest absolute Gasteiger partial charge is 0.267 e. The Kier molecular flexibility index (Phi) is 4.22. The van der Waals surface area contributed by atoms with E-state index in [9.17, 15) is 4.79 Å². The highest BCUT2D eigenvalue weighted by Gasteiger charge is 2.25. The van der Waals surface area contributed by atoms with Crippen molar-refractivity contribution in [3.05, 3.63) is 40.6 Å². The van der Waals surface area contributed by atoms with Gasteiger partial charge in [0.2, 0.25) is 0 Å². The number of rotatable bonds is 3. The zero-order chi connectivity index (χ0) is 15.7. The Bertz CT molecular complexity index is 688. The van der Waals surface area contributed by atoms with Crippen LogP contribution in [0.5, 0.6) is 0 Å². The van der Waals surface area contributed by atoms with Crippen molar-refractivity contribution in [2.45, 2.75) is 0 Å². The summed E-state index contributed by atoms with van der Waals surface area (Å²) in [5.41, 5.74) is 9.14. The lowest BCUT2D eigenvalue weighted by atomic mass is 10.1. The van der Waals surface area contributed by atoms with E-state index >= 15 is 0 Å². The molecular formula is C16H18BrN3O2. The summed E-state index contributed by atoms with van der Waals surface area (Å²) in [6.45, 7) is 2.83. The van der Waals surface area contributed by atoms with E-state index in [0.717, 1.165) is 34.4 Å². The molecule has 0 saturated carbocycles. The van der Waals surface area contributed by atoms with E-state index in [1.165, 1.54) is 0 Å². The topological polar surface area (TPSA) is 60.5 Å². The molecule has 5 nitrogen and oxygen atoms in total. The number of morpholine rings is 1. The first-order valence-corrected chi connectivity index (χ1v) is 7.95. The molecule has 0 atom stereocenters. The zero-order valence-electron chi connectivity index (χ0n) is 12.4. The number of benzene rings is 1. The van der Waals surface area contributed by atoms with Crippen LogP contribution in [0.3, 0.4) is 0 Å². The van der Waals surface area contributed by atoms with E-state index in [1.54, 1.807) is 0 Å². The van der Waals surface area contributed by atoms with Crippen LogP contribution in [0.4, 0.5) is 5.69 Å². The predicted octanol–water partition coefficient (Wildman–Crippen LogP) is 2.39. The summed E-state index contributed by atoms with van der Waals surface area (Å²) < 4.78 is 8.25. The molecule has 1 aliphatic rings. The number of amides is 1. The number of hydrogen-bond donors (Lipinski definition) is 1. The molecule has 0 bridgehead atoms. The molecule has 0 aliphatic carbocycles. The summed E-state index contributed by atoms with van der Waals surface area (Å²) in [6, 6.07) is 8.06. The number of ether oxygens (including phenoxy) is 1. The van der Waals surface area contributed by atoms with Crippen molar-refractivity contribution in [2.24, 2.45) is 12.8 Å². The average molecular weight is 364 g/mol. The average Bonchev–Trinajstić information content (AvgIpc) is 2.86. The van der Waals surface area contributed by atoms with E-state index in [1.807, 2.05) is 42.1 Å². The van der Waals surface area contributed by atoms with Gasteiger partial charge in [-0.25, -0.2) is 0 Å². The molecule has 0 spiro atoms. The normalized spacial score (nSPS) is 15.1. The molecule has 1 saturated heterocycles. The Labute approximate surface area is 137 Å². The molecule has 1 aromatic heterocycles. The molecule has 1 amide bonds. The Morgan fingerprint density at radius 1 is 1.23 bits per heavy atom. The number of aryl methyl sites for hydroxylation is 1. The second-order valence-corrected chi connectivity index (χ2v) is 6.24. The molecule has 1 aliphatic heterocycles. The Morgan fingerprint density at radius 3 is 2.45 bits per heavy atom. The van der Waals surface area contributed by atoms with Crippen LogP contribution < -0.4 is 10.6 Å². The van der Waals surface area contributed by atoms with E-state index in [0.29, 0.717) is 18.9 Å². The summed E-state index contributed by atoms with van der Waals surface area (Å²) in [6.07, 6.45) is 1.97. The summed E-state index contributed by atoms with van der Waals surface area (Å²) in [5.74, 6) is -0.410. The van der Waals surface area contributed by atoms with Crippen LogP contribution in [-0.2, 0) is 11.8 Å². The van der Waals surface area contributed by atoms with Crippen molar-refractivity contribution in [2.75, 3.05) is 31.2 Å². The summed E-state index contributed by atoms with van der Waals surface area (Å²) in [4.78, 5) is 14.1. The molecule has 1 fully saturated rings. The molecule has 0 unspecified atom stereocenters. The van der Waals surface area contributed by atoms with Gasteiger partial charge in [0, 0.05) is 36.4 Å². The van der Waals surface area contributed by atoms with Gasteiger partial charge in [0.05, 0.1) is 18.9 Å². The molecule has 3 rings (SSSR count). The van der Waals surface area contributed by atoms with Crippen LogP contribution >= 0.6 is 15.9 Å². The zero-order valence-corrected chi connectivity index (χ0v) is 14.0. The maximum absolute atomic E-state index is 11.9. The molecule has 22 heavy (non-hydrogen) atoms. The van der Waals surface area contributed by atoms with Crippen molar-refractivity contribution in [1.82, 2.24) is 4.57 Å². The van der Waals surface area contributed by atoms with Gasteiger partial charge in [-0.15, -0.1) is 0 Å². The SMILES string of the molecule is Cn1cc(-c2ccc(Br)cc2)c(N2CCOCC2)c1C(N)=O. The number of carbonyl (C=O) groups is 1. The van der Waals surface area contributed by atoms with Crippen LogP contribution in [0.15, 0.2) is 34.9 Å². The lowest BCUT2D eigenvalue weighted by Crippen LogP contribution is -2.37. The largest absolute Gasteiger partial charge is 0.378 e. The van der Waals surface area contributed by atoms with Gasteiger partial charge >= 0.3 is 0 Å². The van der Waals surface area contributed by atoms with Gasteiger partial charge in [-0.2, -0.15) is 0 Å². The molecule has 1 aromatic carbocycles. The first-order chi connectivity index (χ1) is 10.6. The van der Waals surface area contributed by atoms with Crippen molar-refractivity contribution in [1.29, 1.82) is 0 Å². The molecule has 116 valence electrons. The maximum Gasteiger partial charge on any atom is 0.267 e. The minimum atomic E-state index is -0.410. The van der Waals surface area contributed by atoms with Crippen molar-refractivity contribution >= 4 is 27.5 Å². The summed E-state index contributed by atoms with van der Waals surface area (Å²) >= 11 is 3.45. The highest BCUT2D eigenvalue weighted by molar-refractivity contribution is 9.10. The van der Waals surface area contributed by atoms with Crippen LogP contribution in [0.25, 0.3) is 11.1 Å². The summed E-state index contributed by atoms with van der Waals surface area (Å²) in [7, 11) is 1.85. The minimum absolute atomic E-state index is 0.410. The number of anilines is 1. The molecule has 2 N–H and O–H groups in total. The maximum atomic E-state index is 11.9. The summed E-state index contributed by atoms with van der Waals surface area (Å²) in [5, 5.41) is 0. The molecule has 2 heterocycles. The lowest BCUT2D eigenvalue weighted by molar-refractivity contribution is 0.0990. The van der Waals surface area contributed by atoms with Crippen molar-refractivity contribution < 1.29 is 9.53 Å². The van der Waals surface area contributed by atoms with Crippen molar-refractivity contribution in [3.8, 4) is 11.1 Å². The first kappa shape index (κ1) is 15.1. The third kappa shape index (κ3) is 2.76. The molecule has 2 aromatic rings. The van der Waals surface area contributed by atoms with E-state index in [2.05, 4.69) is 20.8 Å².